The first-order valence-corrected chi connectivity index (χ1v) is 5.18. The Morgan fingerprint density at radius 3 is 2.93 bits per heavy atom. The molecule has 82 valence electrons. The number of anilines is 1. The van der Waals surface area contributed by atoms with Gasteiger partial charge in [-0.1, -0.05) is 0 Å². The van der Waals surface area contributed by atoms with Crippen LogP contribution in [0.5, 0.6) is 0 Å². The minimum atomic E-state index is 0.0563. The molecule has 5 nitrogen and oxygen atoms in total. The molecule has 0 aliphatic heterocycles. The fourth-order valence-electron chi connectivity index (χ4n) is 1.46. The number of nitrogens with one attached hydrogen (secondary N) is 2. The van der Waals surface area contributed by atoms with Crippen LogP contribution in [0.15, 0.2) is 6.20 Å². The van der Waals surface area contributed by atoms with Crippen LogP contribution in [0.25, 0.3) is 0 Å². The molecule has 1 aliphatic rings. The molecule has 5 heteroatoms. The summed E-state index contributed by atoms with van der Waals surface area (Å²) in [5.74, 6) is 0.0563. The second-order valence-electron chi connectivity index (χ2n) is 4.00. The SMILES string of the molecule is Cc1nn(C)cc1NCC(=O)NC1CC1. The molecule has 1 aliphatic carbocycles. The normalized spacial score (nSPS) is 15.1. The van der Waals surface area contributed by atoms with Crippen molar-refractivity contribution >= 4 is 11.6 Å². The van der Waals surface area contributed by atoms with Crippen molar-refractivity contribution in [3.8, 4) is 0 Å². The van der Waals surface area contributed by atoms with Crippen molar-refractivity contribution in [2.45, 2.75) is 25.8 Å². The van der Waals surface area contributed by atoms with Crippen molar-refractivity contribution < 1.29 is 4.79 Å². The third-order valence-corrected chi connectivity index (χ3v) is 2.40. The Hall–Kier alpha value is -1.52. The Labute approximate surface area is 88.8 Å². The molecule has 0 radical (unpaired) electrons. The first-order chi connectivity index (χ1) is 7.15. The number of aryl methyl sites for hydroxylation is 2. The van der Waals surface area contributed by atoms with E-state index in [4.69, 9.17) is 0 Å². The van der Waals surface area contributed by atoms with Gasteiger partial charge in [-0.25, -0.2) is 0 Å². The van der Waals surface area contributed by atoms with Gasteiger partial charge in [0.05, 0.1) is 17.9 Å². The van der Waals surface area contributed by atoms with Gasteiger partial charge < -0.3 is 10.6 Å². The number of aromatic nitrogens is 2. The first-order valence-electron chi connectivity index (χ1n) is 5.18. The molecule has 1 aromatic heterocycles. The van der Waals surface area contributed by atoms with Gasteiger partial charge in [0, 0.05) is 19.3 Å². The zero-order valence-electron chi connectivity index (χ0n) is 9.08. The smallest absolute Gasteiger partial charge is 0.239 e. The van der Waals surface area contributed by atoms with Crippen molar-refractivity contribution in [3.05, 3.63) is 11.9 Å². The second-order valence-corrected chi connectivity index (χ2v) is 4.00. The van der Waals surface area contributed by atoms with Crippen LogP contribution in [-0.4, -0.2) is 28.3 Å². The minimum absolute atomic E-state index is 0.0563. The van der Waals surface area contributed by atoms with Crippen molar-refractivity contribution in [1.29, 1.82) is 0 Å². The molecular formula is C10H16N4O. The number of carbonyl (C=O) groups is 1. The number of hydrogen-bond donors (Lipinski definition) is 2. The van der Waals surface area contributed by atoms with Crippen LogP contribution in [0, 0.1) is 6.92 Å². The molecule has 2 rings (SSSR count). The topological polar surface area (TPSA) is 59.0 Å². The summed E-state index contributed by atoms with van der Waals surface area (Å²) in [5.41, 5.74) is 1.83. The fraction of sp³-hybridized carbons (Fsp3) is 0.600. The van der Waals surface area contributed by atoms with Crippen molar-refractivity contribution in [2.75, 3.05) is 11.9 Å². The fourth-order valence-corrected chi connectivity index (χ4v) is 1.46. The van der Waals surface area contributed by atoms with Gasteiger partial charge in [0.25, 0.3) is 0 Å². The Morgan fingerprint density at radius 1 is 1.67 bits per heavy atom. The molecule has 1 heterocycles. The van der Waals surface area contributed by atoms with E-state index < -0.39 is 0 Å². The predicted octanol–water partition coefficient (Wildman–Crippen LogP) is 0.419. The highest BCUT2D eigenvalue weighted by Crippen LogP contribution is 2.18. The van der Waals surface area contributed by atoms with E-state index in [2.05, 4.69) is 15.7 Å². The monoisotopic (exact) mass is 208 g/mol. The molecule has 0 atom stereocenters. The van der Waals surface area contributed by atoms with Crippen LogP contribution < -0.4 is 10.6 Å². The standard InChI is InChI=1S/C10H16N4O/c1-7-9(6-14(2)13-7)11-5-10(15)12-8-3-4-8/h6,8,11H,3-5H2,1-2H3,(H,12,15). The maximum Gasteiger partial charge on any atom is 0.239 e. The lowest BCUT2D eigenvalue weighted by Crippen LogP contribution is -2.31. The molecule has 1 amide bonds. The van der Waals surface area contributed by atoms with Gasteiger partial charge in [0.15, 0.2) is 0 Å². The van der Waals surface area contributed by atoms with Gasteiger partial charge in [0.1, 0.15) is 0 Å². The average Bonchev–Trinajstić information content (AvgIpc) is 2.89. The van der Waals surface area contributed by atoms with E-state index in [1.165, 1.54) is 0 Å². The van der Waals surface area contributed by atoms with Crippen molar-refractivity contribution in [2.24, 2.45) is 7.05 Å². The van der Waals surface area contributed by atoms with Crippen LogP contribution in [0.2, 0.25) is 0 Å². The molecule has 1 fully saturated rings. The van der Waals surface area contributed by atoms with Crippen molar-refractivity contribution in [1.82, 2.24) is 15.1 Å². The van der Waals surface area contributed by atoms with E-state index in [1.807, 2.05) is 20.2 Å². The lowest BCUT2D eigenvalue weighted by atomic mass is 10.4. The number of hydrogen-bond acceptors (Lipinski definition) is 3. The highest BCUT2D eigenvalue weighted by molar-refractivity contribution is 5.81. The van der Waals surface area contributed by atoms with Gasteiger partial charge in [-0.05, 0) is 19.8 Å². The molecule has 0 spiro atoms. The Morgan fingerprint density at radius 2 is 2.40 bits per heavy atom. The zero-order chi connectivity index (χ0) is 10.8. The Kier molecular flexibility index (Phi) is 2.62. The summed E-state index contributed by atoms with van der Waals surface area (Å²) in [5, 5.41) is 10.2. The molecule has 1 saturated carbocycles. The summed E-state index contributed by atoms with van der Waals surface area (Å²) in [6.07, 6.45) is 4.12. The molecule has 0 saturated heterocycles. The predicted molar refractivity (Wildman–Crippen MR) is 57.6 cm³/mol. The molecule has 2 N–H and O–H groups in total. The molecular weight excluding hydrogens is 192 g/mol. The molecule has 15 heavy (non-hydrogen) atoms. The van der Waals surface area contributed by atoms with Gasteiger partial charge in [-0.2, -0.15) is 5.10 Å². The highest BCUT2D eigenvalue weighted by Gasteiger charge is 2.22. The summed E-state index contributed by atoms with van der Waals surface area (Å²) in [7, 11) is 1.86. The number of carbonyl (C=O) groups excluding carboxylic acids is 1. The summed E-state index contributed by atoms with van der Waals surface area (Å²) in [6, 6.07) is 0.425. The Balaban J connectivity index is 1.81. The van der Waals surface area contributed by atoms with E-state index in [9.17, 15) is 4.79 Å². The zero-order valence-corrected chi connectivity index (χ0v) is 9.08. The van der Waals surface area contributed by atoms with Gasteiger partial charge >= 0.3 is 0 Å². The molecule has 0 aromatic carbocycles. The highest BCUT2D eigenvalue weighted by atomic mass is 16.2. The molecule has 0 unspecified atom stereocenters. The van der Waals surface area contributed by atoms with Crippen molar-refractivity contribution in [3.63, 3.8) is 0 Å². The van der Waals surface area contributed by atoms with Crippen LogP contribution in [0.4, 0.5) is 5.69 Å². The maximum absolute atomic E-state index is 11.4. The largest absolute Gasteiger partial charge is 0.373 e. The first kappa shape index (κ1) is 10.0. The quantitative estimate of drug-likeness (QED) is 0.754. The molecule has 0 bridgehead atoms. The van der Waals surface area contributed by atoms with Crippen LogP contribution in [0.3, 0.4) is 0 Å². The average molecular weight is 208 g/mol. The lowest BCUT2D eigenvalue weighted by Gasteiger charge is -2.05. The number of amides is 1. The van der Waals surface area contributed by atoms with E-state index in [0.29, 0.717) is 12.6 Å². The number of rotatable bonds is 4. The van der Waals surface area contributed by atoms with E-state index in [0.717, 1.165) is 24.2 Å². The summed E-state index contributed by atoms with van der Waals surface area (Å²) in [4.78, 5) is 11.4. The van der Waals surface area contributed by atoms with Crippen LogP contribution >= 0.6 is 0 Å². The second kappa shape index (κ2) is 3.92. The summed E-state index contributed by atoms with van der Waals surface area (Å²) < 4.78 is 1.73. The Bertz CT molecular complexity index is 367. The third kappa shape index (κ3) is 2.71. The van der Waals surface area contributed by atoms with Gasteiger partial charge in [-0.15, -0.1) is 0 Å². The van der Waals surface area contributed by atoms with E-state index in [1.54, 1.807) is 4.68 Å². The van der Waals surface area contributed by atoms with Crippen LogP contribution in [-0.2, 0) is 11.8 Å². The lowest BCUT2D eigenvalue weighted by molar-refractivity contribution is -0.119. The minimum Gasteiger partial charge on any atom is -0.373 e. The summed E-state index contributed by atoms with van der Waals surface area (Å²) in [6.45, 7) is 2.24. The van der Waals surface area contributed by atoms with E-state index >= 15 is 0 Å². The van der Waals surface area contributed by atoms with Gasteiger partial charge in [0.2, 0.25) is 5.91 Å². The third-order valence-electron chi connectivity index (χ3n) is 2.40. The maximum atomic E-state index is 11.4. The summed E-state index contributed by atoms with van der Waals surface area (Å²) >= 11 is 0. The van der Waals surface area contributed by atoms with Gasteiger partial charge in [-0.3, -0.25) is 9.48 Å². The van der Waals surface area contributed by atoms with Crippen LogP contribution in [0.1, 0.15) is 18.5 Å². The molecule has 1 aromatic rings. The number of nitrogens with zero attached hydrogens (tertiary/aromatic N) is 2. The van der Waals surface area contributed by atoms with E-state index in [-0.39, 0.29) is 5.91 Å².